The molecule has 112 valence electrons. The summed E-state index contributed by atoms with van der Waals surface area (Å²) in [5, 5.41) is 3.60. The second-order valence-corrected chi connectivity index (χ2v) is 4.70. The fourth-order valence-electron chi connectivity index (χ4n) is 2.13. The minimum Gasteiger partial charge on any atom is -0.497 e. The van der Waals surface area contributed by atoms with E-state index >= 15 is 0 Å². The van der Waals surface area contributed by atoms with Crippen LogP contribution in [0.4, 0.5) is 5.69 Å². The molecule has 0 aliphatic rings. The molecule has 0 radical (unpaired) electrons. The van der Waals surface area contributed by atoms with Gasteiger partial charge >= 0.3 is 0 Å². The Morgan fingerprint density at radius 1 is 0.955 bits per heavy atom. The number of benzene rings is 2. The van der Waals surface area contributed by atoms with Crippen LogP contribution in [0.5, 0.6) is 11.5 Å². The molecule has 2 aromatic carbocycles. The van der Waals surface area contributed by atoms with Crippen molar-refractivity contribution in [2.75, 3.05) is 19.5 Å². The standard InChI is InChI=1S/C17H15NO4/c1-20-13-5-3-12(4-6-13)18-17(19)16-10-11-9-14(21-2)7-8-15(11)22-16/h3-10H,1-2H3,(H,18,19). The molecule has 5 nitrogen and oxygen atoms in total. The number of carbonyl (C=O) groups excluding carboxylic acids is 1. The van der Waals surface area contributed by atoms with Crippen LogP contribution in [0, 0.1) is 0 Å². The van der Waals surface area contributed by atoms with Gasteiger partial charge in [0.1, 0.15) is 17.1 Å². The Kier molecular flexibility index (Phi) is 3.70. The van der Waals surface area contributed by atoms with Crippen molar-refractivity contribution in [3.63, 3.8) is 0 Å². The summed E-state index contributed by atoms with van der Waals surface area (Å²) < 4.78 is 15.8. The van der Waals surface area contributed by atoms with Gasteiger partial charge in [0.15, 0.2) is 5.76 Å². The van der Waals surface area contributed by atoms with E-state index in [0.717, 1.165) is 16.9 Å². The molecular formula is C17H15NO4. The third-order valence-electron chi connectivity index (χ3n) is 3.30. The van der Waals surface area contributed by atoms with E-state index in [1.165, 1.54) is 0 Å². The molecule has 1 amide bonds. The molecule has 0 saturated heterocycles. The molecule has 0 bridgehead atoms. The quantitative estimate of drug-likeness (QED) is 0.797. The molecule has 0 aliphatic carbocycles. The molecule has 5 heteroatoms. The minimum absolute atomic E-state index is 0.249. The number of rotatable bonds is 4. The molecular weight excluding hydrogens is 282 g/mol. The summed E-state index contributed by atoms with van der Waals surface area (Å²) in [5.74, 6) is 1.39. The Morgan fingerprint density at radius 3 is 2.32 bits per heavy atom. The van der Waals surface area contributed by atoms with Crippen LogP contribution in [0.1, 0.15) is 10.6 Å². The minimum atomic E-state index is -0.305. The molecule has 0 fully saturated rings. The lowest BCUT2D eigenvalue weighted by Crippen LogP contribution is -2.10. The number of hydrogen-bond acceptors (Lipinski definition) is 4. The van der Waals surface area contributed by atoms with E-state index in [0.29, 0.717) is 11.3 Å². The third-order valence-corrected chi connectivity index (χ3v) is 3.30. The van der Waals surface area contributed by atoms with Crippen LogP contribution in [-0.2, 0) is 0 Å². The Morgan fingerprint density at radius 2 is 1.64 bits per heavy atom. The summed E-state index contributed by atoms with van der Waals surface area (Å²) >= 11 is 0. The van der Waals surface area contributed by atoms with Crippen LogP contribution in [0.15, 0.2) is 52.9 Å². The maximum atomic E-state index is 12.2. The zero-order chi connectivity index (χ0) is 15.5. The number of ether oxygens (including phenoxy) is 2. The summed E-state index contributed by atoms with van der Waals surface area (Å²) in [5.41, 5.74) is 1.31. The fourth-order valence-corrected chi connectivity index (χ4v) is 2.13. The van der Waals surface area contributed by atoms with Crippen molar-refractivity contribution < 1.29 is 18.7 Å². The van der Waals surface area contributed by atoms with Crippen molar-refractivity contribution in [3.8, 4) is 11.5 Å². The summed E-state index contributed by atoms with van der Waals surface area (Å²) in [6.45, 7) is 0. The van der Waals surface area contributed by atoms with E-state index in [1.54, 1.807) is 56.7 Å². The van der Waals surface area contributed by atoms with E-state index in [4.69, 9.17) is 13.9 Å². The van der Waals surface area contributed by atoms with Gasteiger partial charge in [0.05, 0.1) is 14.2 Å². The van der Waals surface area contributed by atoms with Gasteiger partial charge in [-0.05, 0) is 48.5 Å². The number of nitrogens with one attached hydrogen (secondary N) is 1. The van der Waals surface area contributed by atoms with E-state index < -0.39 is 0 Å². The predicted octanol–water partition coefficient (Wildman–Crippen LogP) is 3.70. The first-order chi connectivity index (χ1) is 10.7. The van der Waals surface area contributed by atoms with Crippen molar-refractivity contribution in [1.82, 2.24) is 0 Å². The van der Waals surface area contributed by atoms with Gasteiger partial charge in [0.25, 0.3) is 5.91 Å². The summed E-state index contributed by atoms with van der Waals surface area (Å²) in [6.07, 6.45) is 0. The molecule has 1 N–H and O–H groups in total. The number of hydrogen-bond donors (Lipinski definition) is 1. The maximum Gasteiger partial charge on any atom is 0.291 e. The van der Waals surface area contributed by atoms with Gasteiger partial charge in [0.2, 0.25) is 0 Å². The van der Waals surface area contributed by atoms with E-state index in [1.807, 2.05) is 6.07 Å². The van der Waals surface area contributed by atoms with Crippen LogP contribution in [-0.4, -0.2) is 20.1 Å². The first kappa shape index (κ1) is 14.0. The first-order valence-corrected chi connectivity index (χ1v) is 6.72. The van der Waals surface area contributed by atoms with E-state index in [-0.39, 0.29) is 11.7 Å². The number of amides is 1. The number of furan rings is 1. The van der Waals surface area contributed by atoms with Gasteiger partial charge in [-0.15, -0.1) is 0 Å². The van der Waals surface area contributed by atoms with Gasteiger partial charge in [0, 0.05) is 11.1 Å². The van der Waals surface area contributed by atoms with Crippen molar-refractivity contribution >= 4 is 22.6 Å². The summed E-state index contributed by atoms with van der Waals surface area (Å²) in [4.78, 5) is 12.2. The molecule has 0 aliphatic heterocycles. The largest absolute Gasteiger partial charge is 0.497 e. The average molecular weight is 297 g/mol. The normalized spacial score (nSPS) is 10.5. The van der Waals surface area contributed by atoms with Crippen LogP contribution >= 0.6 is 0 Å². The average Bonchev–Trinajstić information content (AvgIpc) is 2.98. The fraction of sp³-hybridized carbons (Fsp3) is 0.118. The topological polar surface area (TPSA) is 60.7 Å². The zero-order valence-electron chi connectivity index (χ0n) is 12.3. The number of anilines is 1. The molecule has 0 saturated carbocycles. The molecule has 3 rings (SSSR count). The molecule has 0 spiro atoms. The van der Waals surface area contributed by atoms with Crippen molar-refractivity contribution in [1.29, 1.82) is 0 Å². The predicted molar refractivity (Wildman–Crippen MR) is 83.7 cm³/mol. The monoisotopic (exact) mass is 297 g/mol. The lowest BCUT2D eigenvalue weighted by molar-refractivity contribution is 0.0998. The molecule has 22 heavy (non-hydrogen) atoms. The Balaban J connectivity index is 1.81. The number of methoxy groups -OCH3 is 2. The molecule has 0 atom stereocenters. The first-order valence-electron chi connectivity index (χ1n) is 6.72. The highest BCUT2D eigenvalue weighted by Gasteiger charge is 2.13. The SMILES string of the molecule is COc1ccc(NC(=O)c2cc3cc(OC)ccc3o2)cc1. The van der Waals surface area contributed by atoms with E-state index in [9.17, 15) is 4.79 Å². The highest BCUT2D eigenvalue weighted by molar-refractivity contribution is 6.04. The number of fused-ring (bicyclic) bond motifs is 1. The van der Waals surface area contributed by atoms with Crippen LogP contribution in [0.2, 0.25) is 0 Å². The highest BCUT2D eigenvalue weighted by atomic mass is 16.5. The Bertz CT molecular complexity index is 805. The number of carbonyl (C=O) groups is 1. The molecule has 3 aromatic rings. The molecule has 1 heterocycles. The van der Waals surface area contributed by atoms with Gasteiger partial charge in [-0.3, -0.25) is 4.79 Å². The summed E-state index contributed by atoms with van der Waals surface area (Å²) in [6, 6.07) is 14.2. The Hall–Kier alpha value is -2.95. The van der Waals surface area contributed by atoms with E-state index in [2.05, 4.69) is 5.32 Å². The smallest absolute Gasteiger partial charge is 0.291 e. The van der Waals surface area contributed by atoms with Crippen molar-refractivity contribution in [3.05, 3.63) is 54.3 Å². The maximum absolute atomic E-state index is 12.2. The van der Waals surface area contributed by atoms with Gasteiger partial charge < -0.3 is 19.2 Å². The summed E-state index contributed by atoms with van der Waals surface area (Å²) in [7, 11) is 3.19. The Labute approximate surface area is 127 Å². The van der Waals surface area contributed by atoms with Crippen molar-refractivity contribution in [2.45, 2.75) is 0 Å². The third kappa shape index (κ3) is 2.74. The van der Waals surface area contributed by atoms with Crippen molar-refractivity contribution in [2.24, 2.45) is 0 Å². The second-order valence-electron chi connectivity index (χ2n) is 4.70. The lowest BCUT2D eigenvalue weighted by atomic mass is 10.2. The van der Waals surface area contributed by atoms with Gasteiger partial charge in [-0.2, -0.15) is 0 Å². The van der Waals surface area contributed by atoms with Gasteiger partial charge in [-0.25, -0.2) is 0 Å². The highest BCUT2D eigenvalue weighted by Crippen LogP contribution is 2.25. The molecule has 1 aromatic heterocycles. The second kappa shape index (κ2) is 5.81. The van der Waals surface area contributed by atoms with Gasteiger partial charge in [-0.1, -0.05) is 0 Å². The van der Waals surface area contributed by atoms with Crippen LogP contribution in [0.25, 0.3) is 11.0 Å². The zero-order valence-corrected chi connectivity index (χ0v) is 12.3. The lowest BCUT2D eigenvalue weighted by Gasteiger charge is -2.04. The van der Waals surface area contributed by atoms with Crippen LogP contribution < -0.4 is 14.8 Å². The molecule has 0 unspecified atom stereocenters. The van der Waals surface area contributed by atoms with Crippen LogP contribution in [0.3, 0.4) is 0 Å².